The van der Waals surface area contributed by atoms with Crippen LogP contribution in [0.4, 0.5) is 0 Å². The average molecular weight is 684 g/mol. The number of carbonyl (C=O) groups is 1. The molecule has 0 bridgehead atoms. The SMILES string of the molecule is CCC(c1ccc(OCc2ccnc(SC)n2)cc1)c1cc(Cl)c(OCCCCCOCCCOCC(=O)OC(C)(C)C)c(C#N)c1. The molecule has 9 nitrogen and oxygen atoms in total. The van der Waals surface area contributed by atoms with Gasteiger partial charge in [-0.3, -0.25) is 0 Å². The molecule has 1 heterocycles. The van der Waals surface area contributed by atoms with Crippen LogP contribution in [-0.4, -0.2) is 60.8 Å². The van der Waals surface area contributed by atoms with Crippen LogP contribution in [0, 0.1) is 11.3 Å². The fraction of sp³-hybridized carbons (Fsp3) is 0.500. The molecule has 11 heteroatoms. The van der Waals surface area contributed by atoms with Gasteiger partial charge in [0, 0.05) is 31.9 Å². The summed E-state index contributed by atoms with van der Waals surface area (Å²) in [4.78, 5) is 20.3. The predicted molar refractivity (Wildman–Crippen MR) is 184 cm³/mol. The molecule has 0 aliphatic rings. The van der Waals surface area contributed by atoms with Crippen LogP contribution in [0.3, 0.4) is 0 Å². The Morgan fingerprint density at radius 3 is 2.38 bits per heavy atom. The minimum Gasteiger partial charge on any atom is -0.491 e. The summed E-state index contributed by atoms with van der Waals surface area (Å²) in [6.45, 7) is 10.0. The van der Waals surface area contributed by atoms with Crippen molar-refractivity contribution in [2.45, 2.75) is 83.1 Å². The number of unbranched alkanes of at least 4 members (excludes halogenated alkanes) is 2. The van der Waals surface area contributed by atoms with Crippen molar-refractivity contribution in [3.05, 3.63) is 76.1 Å². The van der Waals surface area contributed by atoms with E-state index in [1.807, 2.05) is 69.5 Å². The lowest BCUT2D eigenvalue weighted by molar-refractivity contribution is -0.160. The molecule has 254 valence electrons. The number of benzene rings is 2. The van der Waals surface area contributed by atoms with Crippen LogP contribution >= 0.6 is 23.4 Å². The number of aromatic nitrogens is 2. The number of nitrogens with zero attached hydrogens (tertiary/aromatic N) is 3. The summed E-state index contributed by atoms with van der Waals surface area (Å²) < 4.78 is 28.1. The standard InChI is InChI=1S/C36H46ClN3O6S/c1-6-31(26-11-13-30(14-12-26)45-24-29-15-16-39-35(40-29)47-5)27-21-28(23-38)34(32(37)22-27)44-20-9-7-8-17-42-18-10-19-43-25-33(41)46-36(2,3)4/h11-16,21-22,31H,6-10,17-20,24-25H2,1-5H3. The molecule has 3 aromatic rings. The molecule has 0 saturated carbocycles. The number of ether oxygens (including phenoxy) is 5. The zero-order chi connectivity index (χ0) is 34.1. The molecular weight excluding hydrogens is 638 g/mol. The van der Waals surface area contributed by atoms with Crippen molar-refractivity contribution in [2.75, 3.05) is 39.3 Å². The highest BCUT2D eigenvalue weighted by Crippen LogP contribution is 2.37. The summed E-state index contributed by atoms with van der Waals surface area (Å²) in [7, 11) is 0. The smallest absolute Gasteiger partial charge is 0.332 e. The Labute approximate surface area is 288 Å². The van der Waals surface area contributed by atoms with Crippen LogP contribution in [0.5, 0.6) is 11.5 Å². The second kappa shape index (κ2) is 20.1. The van der Waals surface area contributed by atoms with Crippen molar-refractivity contribution in [1.29, 1.82) is 5.26 Å². The first-order valence-corrected chi connectivity index (χ1v) is 17.6. The fourth-order valence-corrected chi connectivity index (χ4v) is 5.42. The largest absolute Gasteiger partial charge is 0.491 e. The molecular formula is C36H46ClN3O6S. The maximum absolute atomic E-state index is 11.6. The highest BCUT2D eigenvalue weighted by molar-refractivity contribution is 7.98. The molecule has 2 aromatic carbocycles. The van der Waals surface area contributed by atoms with Crippen molar-refractivity contribution in [2.24, 2.45) is 0 Å². The van der Waals surface area contributed by atoms with Crippen LogP contribution in [-0.2, 0) is 25.6 Å². The normalized spacial score (nSPS) is 11.9. The molecule has 3 rings (SSSR count). The number of halogens is 1. The van der Waals surface area contributed by atoms with Crippen molar-refractivity contribution in [1.82, 2.24) is 9.97 Å². The molecule has 0 radical (unpaired) electrons. The number of hydrogen-bond acceptors (Lipinski definition) is 10. The van der Waals surface area contributed by atoms with Gasteiger partial charge in [-0.05, 0) is 101 Å². The molecule has 0 spiro atoms. The highest BCUT2D eigenvalue weighted by Gasteiger charge is 2.19. The van der Waals surface area contributed by atoms with E-state index in [2.05, 4.69) is 23.0 Å². The minimum atomic E-state index is -0.508. The molecule has 0 fully saturated rings. The third-order valence-electron chi connectivity index (χ3n) is 6.94. The number of carbonyl (C=O) groups excluding carboxylic acids is 1. The van der Waals surface area contributed by atoms with Gasteiger partial charge in [-0.1, -0.05) is 42.4 Å². The van der Waals surface area contributed by atoms with Crippen molar-refractivity contribution in [3.8, 4) is 17.6 Å². The van der Waals surface area contributed by atoms with Gasteiger partial charge in [-0.2, -0.15) is 5.26 Å². The number of nitriles is 1. The molecule has 0 saturated heterocycles. The van der Waals surface area contributed by atoms with E-state index in [0.29, 0.717) is 55.8 Å². The second-order valence-corrected chi connectivity index (χ2v) is 13.0. The van der Waals surface area contributed by atoms with Crippen molar-refractivity contribution >= 4 is 29.3 Å². The van der Waals surface area contributed by atoms with Gasteiger partial charge in [0.1, 0.15) is 30.6 Å². The maximum atomic E-state index is 11.6. The van der Waals surface area contributed by atoms with Crippen LogP contribution < -0.4 is 9.47 Å². The lowest BCUT2D eigenvalue weighted by Crippen LogP contribution is -2.26. The summed E-state index contributed by atoms with van der Waals surface area (Å²) in [5, 5.41) is 11.1. The van der Waals surface area contributed by atoms with E-state index >= 15 is 0 Å². The Morgan fingerprint density at radius 1 is 0.957 bits per heavy atom. The second-order valence-electron chi connectivity index (χ2n) is 11.9. The zero-order valence-corrected chi connectivity index (χ0v) is 29.6. The first kappa shape index (κ1) is 38.1. The average Bonchev–Trinajstić information content (AvgIpc) is 3.05. The molecule has 0 aliphatic heterocycles. The first-order valence-electron chi connectivity index (χ1n) is 16.0. The summed E-state index contributed by atoms with van der Waals surface area (Å²) in [5.41, 5.74) is 2.82. The van der Waals surface area contributed by atoms with E-state index < -0.39 is 5.60 Å². The molecule has 1 atom stereocenters. The Balaban J connectivity index is 1.40. The third-order valence-corrected chi connectivity index (χ3v) is 7.78. The topological polar surface area (TPSA) is 113 Å². The van der Waals surface area contributed by atoms with E-state index in [0.717, 1.165) is 53.4 Å². The van der Waals surface area contributed by atoms with Gasteiger partial charge in [0.25, 0.3) is 0 Å². The van der Waals surface area contributed by atoms with E-state index in [1.54, 1.807) is 6.20 Å². The number of thioether (sulfide) groups is 1. The van der Waals surface area contributed by atoms with Gasteiger partial charge in [0.2, 0.25) is 0 Å². The van der Waals surface area contributed by atoms with Gasteiger partial charge < -0.3 is 23.7 Å². The van der Waals surface area contributed by atoms with Gasteiger partial charge >= 0.3 is 5.97 Å². The number of esters is 1. The summed E-state index contributed by atoms with van der Waals surface area (Å²) in [5.74, 6) is 0.873. The quantitative estimate of drug-likeness (QED) is 0.0500. The van der Waals surface area contributed by atoms with Crippen LogP contribution in [0.15, 0.2) is 53.8 Å². The van der Waals surface area contributed by atoms with Crippen LogP contribution in [0.2, 0.25) is 5.02 Å². The van der Waals surface area contributed by atoms with E-state index in [9.17, 15) is 10.1 Å². The van der Waals surface area contributed by atoms with E-state index in [-0.39, 0.29) is 18.5 Å². The minimum absolute atomic E-state index is 0.0490. The molecule has 0 aliphatic carbocycles. The fourth-order valence-electron chi connectivity index (χ4n) is 4.77. The number of rotatable bonds is 20. The maximum Gasteiger partial charge on any atom is 0.332 e. The molecule has 1 unspecified atom stereocenters. The van der Waals surface area contributed by atoms with E-state index in [1.165, 1.54) is 11.8 Å². The van der Waals surface area contributed by atoms with Crippen LogP contribution in [0.25, 0.3) is 0 Å². The molecule has 0 N–H and O–H groups in total. The Kier molecular flexibility index (Phi) is 16.3. The first-order chi connectivity index (χ1) is 22.6. The molecule has 0 amide bonds. The predicted octanol–water partition coefficient (Wildman–Crippen LogP) is 8.16. The Morgan fingerprint density at radius 2 is 1.68 bits per heavy atom. The van der Waals surface area contributed by atoms with Gasteiger partial charge in [0.15, 0.2) is 10.9 Å². The molecule has 47 heavy (non-hydrogen) atoms. The summed E-state index contributed by atoms with van der Waals surface area (Å²) in [6, 6.07) is 15.9. The van der Waals surface area contributed by atoms with Crippen molar-refractivity contribution in [3.63, 3.8) is 0 Å². The zero-order valence-electron chi connectivity index (χ0n) is 28.1. The van der Waals surface area contributed by atoms with Gasteiger partial charge in [0.05, 0.1) is 22.9 Å². The number of hydrogen-bond donors (Lipinski definition) is 0. The third kappa shape index (κ3) is 13.7. The Bertz CT molecular complexity index is 1440. The summed E-state index contributed by atoms with van der Waals surface area (Å²) >= 11 is 8.16. The summed E-state index contributed by atoms with van der Waals surface area (Å²) in [6.07, 6.45) is 7.84. The highest BCUT2D eigenvalue weighted by atomic mass is 35.5. The van der Waals surface area contributed by atoms with Gasteiger partial charge in [-0.25, -0.2) is 14.8 Å². The van der Waals surface area contributed by atoms with Gasteiger partial charge in [-0.15, -0.1) is 0 Å². The monoisotopic (exact) mass is 683 g/mol. The molecule has 1 aromatic heterocycles. The van der Waals surface area contributed by atoms with E-state index in [4.69, 9.17) is 35.3 Å². The van der Waals surface area contributed by atoms with Crippen LogP contribution in [0.1, 0.15) is 88.1 Å². The Hall–Kier alpha value is -3.36. The lowest BCUT2D eigenvalue weighted by Gasteiger charge is -2.19. The lowest BCUT2D eigenvalue weighted by atomic mass is 9.88. The van der Waals surface area contributed by atoms with Crippen molar-refractivity contribution < 1.29 is 28.5 Å².